The number of amides is 1. The minimum atomic E-state index is -0.0479. The Balaban J connectivity index is 1.42. The normalized spacial score (nSPS) is 15.0. The molecule has 0 aromatic heterocycles. The molecule has 0 unspecified atom stereocenters. The second-order valence-corrected chi connectivity index (χ2v) is 6.79. The van der Waals surface area contributed by atoms with Crippen LogP contribution in [0, 0.1) is 0 Å². The quantitative estimate of drug-likeness (QED) is 0.574. The third-order valence-corrected chi connectivity index (χ3v) is 4.61. The van der Waals surface area contributed by atoms with Gasteiger partial charge in [0.05, 0.1) is 6.21 Å². The Morgan fingerprint density at radius 1 is 1.07 bits per heavy atom. The van der Waals surface area contributed by atoms with E-state index in [1.165, 1.54) is 19.3 Å². The van der Waals surface area contributed by atoms with Crippen LogP contribution in [0.1, 0.15) is 36.8 Å². The zero-order valence-electron chi connectivity index (χ0n) is 15.6. The van der Waals surface area contributed by atoms with Gasteiger partial charge in [-0.1, -0.05) is 48.9 Å². The Labute approximate surface area is 161 Å². The van der Waals surface area contributed by atoms with Crippen molar-refractivity contribution in [3.8, 4) is 5.75 Å². The van der Waals surface area contributed by atoms with Crippen LogP contribution in [0.5, 0.6) is 5.75 Å². The van der Waals surface area contributed by atoms with Crippen LogP contribution in [0.4, 0.5) is 0 Å². The molecule has 142 valence electrons. The fraction of sp³-hybridized carbons (Fsp3) is 0.364. The van der Waals surface area contributed by atoms with Crippen molar-refractivity contribution >= 4 is 12.1 Å². The first-order chi connectivity index (χ1) is 13.3. The van der Waals surface area contributed by atoms with E-state index in [0.29, 0.717) is 13.0 Å². The highest BCUT2D eigenvalue weighted by Gasteiger charge is 2.11. The highest BCUT2D eigenvalue weighted by Crippen LogP contribution is 2.14. The average molecular weight is 365 g/mol. The summed E-state index contributed by atoms with van der Waals surface area (Å²) >= 11 is 0. The molecule has 1 amide bonds. The molecule has 0 atom stereocenters. The van der Waals surface area contributed by atoms with Crippen LogP contribution < -0.4 is 10.2 Å². The number of nitrogens with zero attached hydrogens (tertiary/aromatic N) is 2. The summed E-state index contributed by atoms with van der Waals surface area (Å²) in [6.07, 6.45) is 5.91. The van der Waals surface area contributed by atoms with Crippen molar-refractivity contribution in [2.75, 3.05) is 19.6 Å². The monoisotopic (exact) mass is 365 g/mol. The molecule has 3 rings (SSSR count). The van der Waals surface area contributed by atoms with E-state index >= 15 is 0 Å². The van der Waals surface area contributed by atoms with Crippen LogP contribution in [0.2, 0.25) is 0 Å². The maximum absolute atomic E-state index is 11.9. The molecule has 27 heavy (non-hydrogen) atoms. The van der Waals surface area contributed by atoms with Crippen molar-refractivity contribution in [1.82, 2.24) is 10.3 Å². The van der Waals surface area contributed by atoms with Gasteiger partial charge in [0, 0.05) is 13.0 Å². The van der Waals surface area contributed by atoms with Crippen molar-refractivity contribution in [2.24, 2.45) is 5.10 Å². The predicted octanol–water partition coefficient (Wildman–Crippen LogP) is 3.59. The molecule has 0 aliphatic carbocycles. The van der Waals surface area contributed by atoms with Gasteiger partial charge in [-0.05, 0) is 49.2 Å². The van der Waals surface area contributed by atoms with Crippen LogP contribution in [-0.4, -0.2) is 36.7 Å². The summed E-state index contributed by atoms with van der Waals surface area (Å²) < 4.78 is 5.81. The topological polar surface area (TPSA) is 53.9 Å². The van der Waals surface area contributed by atoms with Crippen molar-refractivity contribution in [2.45, 2.75) is 32.3 Å². The lowest BCUT2D eigenvalue weighted by atomic mass is 10.1. The fourth-order valence-electron chi connectivity index (χ4n) is 3.10. The molecular weight excluding hydrogens is 338 g/mol. The van der Waals surface area contributed by atoms with Crippen molar-refractivity contribution in [3.63, 3.8) is 0 Å². The number of likely N-dealkylation sites (tertiary alicyclic amines) is 1. The summed E-state index contributed by atoms with van der Waals surface area (Å²) in [6.45, 7) is 3.54. The number of carbonyl (C=O) groups is 1. The number of nitrogens with one attached hydrogen (secondary N) is 1. The molecule has 1 fully saturated rings. The Kier molecular flexibility index (Phi) is 7.42. The average Bonchev–Trinajstić information content (AvgIpc) is 2.73. The second-order valence-electron chi connectivity index (χ2n) is 6.79. The number of carbonyl (C=O) groups excluding carboxylic acids is 1. The maximum atomic E-state index is 11.9. The number of hydrogen-bond donors (Lipinski definition) is 1. The molecule has 0 radical (unpaired) electrons. The number of benzene rings is 2. The molecule has 5 heteroatoms. The Morgan fingerprint density at radius 2 is 1.89 bits per heavy atom. The zero-order chi connectivity index (χ0) is 18.7. The zero-order valence-corrected chi connectivity index (χ0v) is 15.6. The molecular formula is C22H27N3O2. The first-order valence-corrected chi connectivity index (χ1v) is 9.61. The Hall–Kier alpha value is -2.66. The Morgan fingerprint density at radius 3 is 2.70 bits per heavy atom. The highest BCUT2D eigenvalue weighted by atomic mass is 16.5. The molecule has 0 bridgehead atoms. The van der Waals surface area contributed by atoms with E-state index in [0.717, 1.165) is 36.5 Å². The van der Waals surface area contributed by atoms with Crippen LogP contribution in [0.25, 0.3) is 0 Å². The molecule has 1 aliphatic heterocycles. The summed E-state index contributed by atoms with van der Waals surface area (Å²) in [5, 5.41) is 4.07. The van der Waals surface area contributed by atoms with E-state index in [1.54, 1.807) is 6.21 Å². The molecule has 2 aromatic carbocycles. The third kappa shape index (κ3) is 6.87. The van der Waals surface area contributed by atoms with E-state index in [-0.39, 0.29) is 5.91 Å². The summed E-state index contributed by atoms with van der Waals surface area (Å²) in [6, 6.07) is 17.7. The molecule has 0 saturated carbocycles. The van der Waals surface area contributed by atoms with Crippen molar-refractivity contribution in [1.29, 1.82) is 0 Å². The predicted molar refractivity (Wildman–Crippen MR) is 108 cm³/mol. The van der Waals surface area contributed by atoms with E-state index in [4.69, 9.17) is 4.74 Å². The number of ether oxygens (including phenoxy) is 1. The van der Waals surface area contributed by atoms with Crippen LogP contribution in [-0.2, 0) is 11.4 Å². The molecule has 0 spiro atoms. The van der Waals surface area contributed by atoms with E-state index < -0.39 is 0 Å². The van der Waals surface area contributed by atoms with Gasteiger partial charge in [0.2, 0.25) is 5.91 Å². The van der Waals surface area contributed by atoms with Gasteiger partial charge < -0.3 is 9.64 Å². The standard InChI is InChI=1S/C22H27N3O2/c26-22(12-15-25-13-5-2-6-14-25)24-23-17-20-10-7-11-21(16-20)27-18-19-8-3-1-4-9-19/h1,3-4,7-11,16-17H,2,5-6,12-15,18H2,(H,24,26)/b23-17+. The summed E-state index contributed by atoms with van der Waals surface area (Å²) in [4.78, 5) is 14.3. The largest absolute Gasteiger partial charge is 0.489 e. The molecule has 1 aliphatic rings. The van der Waals surface area contributed by atoms with Crippen LogP contribution >= 0.6 is 0 Å². The summed E-state index contributed by atoms with van der Waals surface area (Å²) in [5.74, 6) is 0.729. The van der Waals surface area contributed by atoms with E-state index in [9.17, 15) is 4.79 Å². The number of rotatable bonds is 8. The first-order valence-electron chi connectivity index (χ1n) is 9.61. The van der Waals surface area contributed by atoms with Gasteiger partial charge in [0.15, 0.2) is 0 Å². The highest BCUT2D eigenvalue weighted by molar-refractivity contribution is 5.82. The number of hydrogen-bond acceptors (Lipinski definition) is 4. The minimum Gasteiger partial charge on any atom is -0.489 e. The van der Waals surface area contributed by atoms with E-state index in [2.05, 4.69) is 15.4 Å². The van der Waals surface area contributed by atoms with E-state index in [1.807, 2.05) is 54.6 Å². The first kappa shape index (κ1) is 19.1. The molecule has 5 nitrogen and oxygen atoms in total. The minimum absolute atomic E-state index is 0.0479. The van der Waals surface area contributed by atoms with Gasteiger partial charge in [0.1, 0.15) is 12.4 Å². The van der Waals surface area contributed by atoms with Gasteiger partial charge in [-0.25, -0.2) is 5.43 Å². The Bertz CT molecular complexity index is 740. The molecule has 2 aromatic rings. The van der Waals surface area contributed by atoms with Crippen molar-refractivity contribution < 1.29 is 9.53 Å². The SMILES string of the molecule is O=C(CCN1CCCCC1)N/N=C/c1cccc(OCc2ccccc2)c1. The lowest BCUT2D eigenvalue weighted by Crippen LogP contribution is -2.33. The molecule has 1 N–H and O–H groups in total. The van der Waals surface area contributed by atoms with Crippen LogP contribution in [0.3, 0.4) is 0 Å². The smallest absolute Gasteiger partial charge is 0.241 e. The second kappa shape index (κ2) is 10.5. The van der Waals surface area contributed by atoms with Crippen LogP contribution in [0.15, 0.2) is 59.7 Å². The fourth-order valence-corrected chi connectivity index (χ4v) is 3.10. The third-order valence-electron chi connectivity index (χ3n) is 4.61. The van der Waals surface area contributed by atoms with Gasteiger partial charge in [0.25, 0.3) is 0 Å². The number of piperidine rings is 1. The lowest BCUT2D eigenvalue weighted by molar-refractivity contribution is -0.121. The van der Waals surface area contributed by atoms with Crippen molar-refractivity contribution in [3.05, 3.63) is 65.7 Å². The summed E-state index contributed by atoms with van der Waals surface area (Å²) in [7, 11) is 0. The number of hydrazone groups is 1. The van der Waals surface area contributed by atoms with Gasteiger partial charge in [-0.3, -0.25) is 4.79 Å². The maximum Gasteiger partial charge on any atom is 0.241 e. The summed E-state index contributed by atoms with van der Waals surface area (Å²) in [5.41, 5.74) is 4.62. The van der Waals surface area contributed by atoms with Gasteiger partial charge >= 0.3 is 0 Å². The molecule has 1 heterocycles. The van der Waals surface area contributed by atoms with Gasteiger partial charge in [-0.15, -0.1) is 0 Å². The van der Waals surface area contributed by atoms with Gasteiger partial charge in [-0.2, -0.15) is 5.10 Å². The lowest BCUT2D eigenvalue weighted by Gasteiger charge is -2.25. The molecule has 1 saturated heterocycles.